The smallest absolute Gasteiger partial charge is 0.335 e. The van der Waals surface area contributed by atoms with E-state index in [2.05, 4.69) is 23.8 Å². The number of amides is 2. The third-order valence-corrected chi connectivity index (χ3v) is 3.18. The molecule has 9 nitrogen and oxygen atoms in total. The SMILES string of the molecule is CCN(CC)CCCN(N=Cc1occc1[N+](=O)[O-])C(N)=O. The zero-order valence-electron chi connectivity index (χ0n) is 12.8. The van der Waals surface area contributed by atoms with Gasteiger partial charge in [-0.15, -0.1) is 0 Å². The quantitative estimate of drug-likeness (QED) is 0.422. The summed E-state index contributed by atoms with van der Waals surface area (Å²) >= 11 is 0. The average molecular weight is 311 g/mol. The fraction of sp³-hybridized carbons (Fsp3) is 0.538. The summed E-state index contributed by atoms with van der Waals surface area (Å²) in [6.45, 7) is 7.11. The number of nitrogens with zero attached hydrogens (tertiary/aromatic N) is 4. The summed E-state index contributed by atoms with van der Waals surface area (Å²) < 4.78 is 4.96. The Kier molecular flexibility index (Phi) is 7.03. The molecular weight excluding hydrogens is 290 g/mol. The van der Waals surface area contributed by atoms with Crippen molar-refractivity contribution in [2.45, 2.75) is 20.3 Å². The highest BCUT2D eigenvalue weighted by Crippen LogP contribution is 2.17. The summed E-state index contributed by atoms with van der Waals surface area (Å²) in [7, 11) is 0. The summed E-state index contributed by atoms with van der Waals surface area (Å²) in [5, 5.41) is 15.7. The summed E-state index contributed by atoms with van der Waals surface area (Å²) in [4.78, 5) is 23.7. The van der Waals surface area contributed by atoms with Gasteiger partial charge in [-0.2, -0.15) is 5.10 Å². The molecule has 0 atom stereocenters. The molecule has 0 saturated carbocycles. The summed E-state index contributed by atoms with van der Waals surface area (Å²) in [6, 6.07) is 0.501. The van der Waals surface area contributed by atoms with E-state index in [-0.39, 0.29) is 11.4 Å². The molecular formula is C13H21N5O4. The zero-order valence-corrected chi connectivity index (χ0v) is 12.8. The predicted molar refractivity (Wildman–Crippen MR) is 81.7 cm³/mol. The molecule has 122 valence electrons. The van der Waals surface area contributed by atoms with Gasteiger partial charge in [0.2, 0.25) is 5.76 Å². The molecule has 0 bridgehead atoms. The second kappa shape index (κ2) is 8.78. The number of hydrazone groups is 1. The van der Waals surface area contributed by atoms with Crippen LogP contribution in [0.1, 0.15) is 26.0 Å². The lowest BCUT2D eigenvalue weighted by Crippen LogP contribution is -2.34. The van der Waals surface area contributed by atoms with E-state index in [1.807, 2.05) is 0 Å². The Hall–Kier alpha value is -2.42. The minimum Gasteiger partial charge on any atom is -0.456 e. The van der Waals surface area contributed by atoms with Crippen molar-refractivity contribution in [3.8, 4) is 0 Å². The average Bonchev–Trinajstić information content (AvgIpc) is 2.95. The second-order valence-electron chi connectivity index (χ2n) is 4.51. The van der Waals surface area contributed by atoms with Crippen molar-refractivity contribution in [2.24, 2.45) is 10.8 Å². The number of hydrogen-bond acceptors (Lipinski definition) is 6. The van der Waals surface area contributed by atoms with E-state index in [0.29, 0.717) is 13.0 Å². The molecule has 0 aliphatic heterocycles. The second-order valence-corrected chi connectivity index (χ2v) is 4.51. The van der Waals surface area contributed by atoms with Crippen LogP contribution in [0.15, 0.2) is 21.8 Å². The molecule has 1 aromatic heterocycles. The van der Waals surface area contributed by atoms with Crippen molar-refractivity contribution in [2.75, 3.05) is 26.2 Å². The van der Waals surface area contributed by atoms with E-state index in [1.165, 1.54) is 12.3 Å². The third-order valence-electron chi connectivity index (χ3n) is 3.18. The van der Waals surface area contributed by atoms with Crippen LogP contribution in [0.3, 0.4) is 0 Å². The standard InChI is InChI=1S/C13H21N5O4/c1-3-16(4-2)7-5-8-17(13(14)19)15-10-12-11(18(20)21)6-9-22-12/h6,9-10H,3-5,7-8H2,1-2H3,(H2,14,19). The first-order valence-electron chi connectivity index (χ1n) is 7.04. The Bertz CT molecular complexity index is 524. The highest BCUT2D eigenvalue weighted by atomic mass is 16.6. The Balaban J connectivity index is 2.64. The molecule has 22 heavy (non-hydrogen) atoms. The van der Waals surface area contributed by atoms with Crippen LogP contribution < -0.4 is 5.73 Å². The molecule has 0 aliphatic rings. The molecule has 1 rings (SSSR count). The summed E-state index contributed by atoms with van der Waals surface area (Å²) in [6.07, 6.45) is 3.01. The molecule has 2 amide bonds. The van der Waals surface area contributed by atoms with Gasteiger partial charge in [0.1, 0.15) is 0 Å². The van der Waals surface area contributed by atoms with Gasteiger partial charge >= 0.3 is 11.7 Å². The van der Waals surface area contributed by atoms with Gasteiger partial charge in [0.15, 0.2) is 0 Å². The number of nitro groups is 1. The maximum absolute atomic E-state index is 11.3. The predicted octanol–water partition coefficient (Wildman–Crippen LogP) is 1.63. The molecule has 0 radical (unpaired) electrons. The van der Waals surface area contributed by atoms with Crippen LogP contribution in [-0.4, -0.2) is 53.3 Å². The number of primary amides is 1. The van der Waals surface area contributed by atoms with Gasteiger partial charge in [0.25, 0.3) is 0 Å². The maximum atomic E-state index is 11.3. The van der Waals surface area contributed by atoms with E-state index in [4.69, 9.17) is 10.2 Å². The largest absolute Gasteiger partial charge is 0.456 e. The number of urea groups is 1. The first-order chi connectivity index (χ1) is 10.5. The fourth-order valence-electron chi connectivity index (χ4n) is 1.89. The van der Waals surface area contributed by atoms with E-state index in [0.717, 1.165) is 30.9 Å². The molecule has 0 saturated heterocycles. The number of nitrogens with two attached hydrogens (primary N) is 1. The highest BCUT2D eigenvalue weighted by Gasteiger charge is 2.16. The third kappa shape index (κ3) is 5.17. The lowest BCUT2D eigenvalue weighted by Gasteiger charge is -2.19. The first-order valence-corrected chi connectivity index (χ1v) is 7.04. The van der Waals surface area contributed by atoms with Crippen molar-refractivity contribution in [3.63, 3.8) is 0 Å². The Morgan fingerprint density at radius 2 is 2.14 bits per heavy atom. The minimum absolute atomic E-state index is 0.0278. The van der Waals surface area contributed by atoms with Crippen LogP contribution in [0.4, 0.5) is 10.5 Å². The van der Waals surface area contributed by atoms with Crippen molar-refractivity contribution in [1.82, 2.24) is 9.91 Å². The van der Waals surface area contributed by atoms with Crippen LogP contribution in [0.2, 0.25) is 0 Å². The number of furan rings is 1. The molecule has 0 spiro atoms. The fourth-order valence-corrected chi connectivity index (χ4v) is 1.89. The van der Waals surface area contributed by atoms with Crippen LogP contribution in [0, 0.1) is 10.1 Å². The number of hydrogen-bond donors (Lipinski definition) is 1. The van der Waals surface area contributed by atoms with Crippen molar-refractivity contribution < 1.29 is 14.1 Å². The van der Waals surface area contributed by atoms with E-state index < -0.39 is 11.0 Å². The summed E-state index contributed by atoms with van der Waals surface area (Å²) in [5.74, 6) is -0.0278. The van der Waals surface area contributed by atoms with Crippen molar-refractivity contribution >= 4 is 17.9 Å². The molecule has 1 aromatic rings. The molecule has 0 fully saturated rings. The molecule has 2 N–H and O–H groups in total. The van der Waals surface area contributed by atoms with Crippen LogP contribution in [-0.2, 0) is 0 Å². The lowest BCUT2D eigenvalue weighted by molar-refractivity contribution is -0.385. The van der Waals surface area contributed by atoms with E-state index in [9.17, 15) is 14.9 Å². The van der Waals surface area contributed by atoms with Gasteiger partial charge in [-0.1, -0.05) is 13.8 Å². The van der Waals surface area contributed by atoms with Crippen LogP contribution >= 0.6 is 0 Å². The Morgan fingerprint density at radius 3 is 2.68 bits per heavy atom. The Morgan fingerprint density at radius 1 is 1.45 bits per heavy atom. The van der Waals surface area contributed by atoms with Crippen molar-refractivity contribution in [3.05, 3.63) is 28.2 Å². The van der Waals surface area contributed by atoms with E-state index >= 15 is 0 Å². The molecule has 0 aliphatic carbocycles. The number of carbonyl (C=O) groups is 1. The van der Waals surface area contributed by atoms with Crippen LogP contribution in [0.5, 0.6) is 0 Å². The van der Waals surface area contributed by atoms with Gasteiger partial charge in [-0.05, 0) is 26.1 Å². The Labute approximate surface area is 128 Å². The van der Waals surface area contributed by atoms with Gasteiger partial charge in [0, 0.05) is 6.54 Å². The lowest BCUT2D eigenvalue weighted by atomic mass is 10.3. The van der Waals surface area contributed by atoms with Gasteiger partial charge < -0.3 is 15.1 Å². The molecule has 1 heterocycles. The van der Waals surface area contributed by atoms with Crippen LogP contribution in [0.25, 0.3) is 0 Å². The number of carbonyl (C=O) groups excluding carboxylic acids is 1. The normalized spacial score (nSPS) is 11.2. The van der Waals surface area contributed by atoms with Gasteiger partial charge in [0.05, 0.1) is 23.5 Å². The molecule has 0 aromatic carbocycles. The van der Waals surface area contributed by atoms with Gasteiger partial charge in [-0.25, -0.2) is 9.80 Å². The summed E-state index contributed by atoms with van der Waals surface area (Å²) in [5.41, 5.74) is 5.04. The zero-order chi connectivity index (χ0) is 16.5. The molecule has 9 heteroatoms. The highest BCUT2D eigenvalue weighted by molar-refractivity contribution is 5.83. The van der Waals surface area contributed by atoms with Crippen molar-refractivity contribution in [1.29, 1.82) is 0 Å². The molecule has 0 unspecified atom stereocenters. The topological polar surface area (TPSA) is 118 Å². The van der Waals surface area contributed by atoms with Gasteiger partial charge in [-0.3, -0.25) is 10.1 Å². The first kappa shape index (κ1) is 17.6. The monoisotopic (exact) mass is 311 g/mol. The van der Waals surface area contributed by atoms with E-state index in [1.54, 1.807) is 0 Å². The minimum atomic E-state index is -0.718. The maximum Gasteiger partial charge on any atom is 0.335 e. The number of rotatable bonds is 9.